The summed E-state index contributed by atoms with van der Waals surface area (Å²) in [6.45, 7) is 0. The Morgan fingerprint density at radius 1 is 1.29 bits per heavy atom. The Morgan fingerprint density at radius 3 is 2.79 bits per heavy atom. The van der Waals surface area contributed by atoms with E-state index in [1.807, 2.05) is 0 Å². The maximum absolute atomic E-state index is 14.1. The summed E-state index contributed by atoms with van der Waals surface area (Å²) in [6, 6.07) is 3.50. The topological polar surface area (TPSA) is 35.5 Å². The fraction of sp³-hybridized carbons (Fsp3) is 0.316. The smallest absolute Gasteiger partial charge is 0.188 e. The zero-order valence-corrected chi connectivity index (χ0v) is 14.3. The van der Waals surface area contributed by atoms with E-state index in [4.69, 9.17) is 21.1 Å². The van der Waals surface area contributed by atoms with Gasteiger partial charge in [-0.1, -0.05) is 17.7 Å². The number of ketones is 1. The summed E-state index contributed by atoms with van der Waals surface area (Å²) in [7, 11) is 3.04. The summed E-state index contributed by atoms with van der Waals surface area (Å²) in [4.78, 5) is 12.7. The molecule has 1 aromatic carbocycles. The van der Waals surface area contributed by atoms with Gasteiger partial charge in [-0.2, -0.15) is 0 Å². The van der Waals surface area contributed by atoms with Crippen LogP contribution in [0.5, 0.6) is 11.5 Å². The molecule has 1 saturated carbocycles. The van der Waals surface area contributed by atoms with Crippen molar-refractivity contribution in [2.24, 2.45) is 5.92 Å². The molecule has 0 N–H and O–H groups in total. The molecule has 1 aromatic rings. The van der Waals surface area contributed by atoms with Crippen LogP contribution in [-0.4, -0.2) is 20.0 Å². The van der Waals surface area contributed by atoms with Crippen molar-refractivity contribution in [1.82, 2.24) is 0 Å². The van der Waals surface area contributed by atoms with Crippen molar-refractivity contribution in [3.63, 3.8) is 0 Å². The number of benzene rings is 1. The second-order valence-corrected chi connectivity index (χ2v) is 6.22. The van der Waals surface area contributed by atoms with Gasteiger partial charge >= 0.3 is 0 Å². The summed E-state index contributed by atoms with van der Waals surface area (Å²) in [5.41, 5.74) is 1.52. The van der Waals surface area contributed by atoms with Gasteiger partial charge in [-0.25, -0.2) is 4.39 Å². The van der Waals surface area contributed by atoms with Crippen molar-refractivity contribution in [3.8, 4) is 11.5 Å². The first-order valence-corrected chi connectivity index (χ1v) is 8.16. The highest BCUT2D eigenvalue weighted by Gasteiger charge is 2.33. The minimum absolute atomic E-state index is 0.0134. The average Bonchev–Trinajstić information content (AvgIpc) is 2.58. The molecular formula is C19H18ClFO3. The summed E-state index contributed by atoms with van der Waals surface area (Å²) in [5.74, 6) is 0.284. The van der Waals surface area contributed by atoms with Crippen LogP contribution in [0.1, 0.15) is 24.8 Å². The highest BCUT2D eigenvalue weighted by Crippen LogP contribution is 2.41. The lowest BCUT2D eigenvalue weighted by Crippen LogP contribution is -2.23. The van der Waals surface area contributed by atoms with Crippen LogP contribution >= 0.6 is 11.6 Å². The van der Waals surface area contributed by atoms with E-state index >= 15 is 0 Å². The maximum atomic E-state index is 14.1. The molecule has 0 spiro atoms. The molecule has 5 heteroatoms. The number of rotatable bonds is 3. The third-order valence-electron chi connectivity index (χ3n) is 4.49. The highest BCUT2D eigenvalue weighted by atomic mass is 35.5. The first kappa shape index (κ1) is 16.8. The van der Waals surface area contributed by atoms with E-state index < -0.39 is 5.83 Å². The molecule has 0 bridgehead atoms. The third-order valence-corrected chi connectivity index (χ3v) is 4.88. The molecule has 1 fully saturated rings. The van der Waals surface area contributed by atoms with Crippen LogP contribution in [0.25, 0.3) is 6.08 Å². The van der Waals surface area contributed by atoms with Crippen molar-refractivity contribution in [1.29, 1.82) is 0 Å². The van der Waals surface area contributed by atoms with Crippen LogP contribution in [0.2, 0.25) is 5.02 Å². The monoisotopic (exact) mass is 348 g/mol. The maximum Gasteiger partial charge on any atom is 0.188 e. The molecule has 3 rings (SSSR count). The molecule has 2 aliphatic rings. The molecule has 24 heavy (non-hydrogen) atoms. The molecule has 0 saturated heterocycles. The summed E-state index contributed by atoms with van der Waals surface area (Å²) >= 11 is 6.37. The molecule has 0 radical (unpaired) electrons. The Morgan fingerprint density at radius 2 is 2.08 bits per heavy atom. The Kier molecular flexibility index (Phi) is 4.76. The van der Waals surface area contributed by atoms with Crippen LogP contribution < -0.4 is 9.47 Å². The number of hydrogen-bond acceptors (Lipinski definition) is 3. The van der Waals surface area contributed by atoms with E-state index in [0.717, 1.165) is 12.8 Å². The summed E-state index contributed by atoms with van der Waals surface area (Å²) < 4.78 is 24.5. The predicted molar refractivity (Wildman–Crippen MR) is 92.2 cm³/mol. The Balaban J connectivity index is 2.01. The molecule has 0 aromatic heterocycles. The number of methoxy groups -OCH3 is 2. The second-order valence-electron chi connectivity index (χ2n) is 5.84. The fourth-order valence-electron chi connectivity index (χ4n) is 3.25. The first-order chi connectivity index (χ1) is 11.6. The average molecular weight is 349 g/mol. The van der Waals surface area contributed by atoms with Crippen LogP contribution in [-0.2, 0) is 4.79 Å². The van der Waals surface area contributed by atoms with E-state index in [1.54, 1.807) is 24.3 Å². The zero-order valence-electron chi connectivity index (χ0n) is 13.6. The fourth-order valence-corrected chi connectivity index (χ4v) is 3.54. The van der Waals surface area contributed by atoms with Gasteiger partial charge in [0.2, 0.25) is 0 Å². The molecule has 0 aliphatic heterocycles. The lowest BCUT2D eigenvalue weighted by molar-refractivity contribution is -0.113. The van der Waals surface area contributed by atoms with Gasteiger partial charge in [-0.05, 0) is 55.0 Å². The molecule has 0 heterocycles. The van der Waals surface area contributed by atoms with Gasteiger partial charge in [-0.15, -0.1) is 0 Å². The molecule has 1 atom stereocenters. The zero-order chi connectivity index (χ0) is 17.3. The van der Waals surface area contributed by atoms with Gasteiger partial charge in [0.15, 0.2) is 17.3 Å². The van der Waals surface area contributed by atoms with Crippen LogP contribution in [0.3, 0.4) is 0 Å². The minimum Gasteiger partial charge on any atom is -0.493 e. The van der Waals surface area contributed by atoms with E-state index in [2.05, 4.69) is 0 Å². The quantitative estimate of drug-likeness (QED) is 0.728. The normalized spacial score (nSPS) is 21.9. The lowest BCUT2D eigenvalue weighted by Gasteiger charge is -2.27. The minimum atomic E-state index is -0.416. The van der Waals surface area contributed by atoms with Gasteiger partial charge in [0.25, 0.3) is 0 Å². The SMILES string of the molecule is COc1ccc(C=C2CCC3CC=CC(F)=C3C2=O)c(Cl)c1OC. The first-order valence-electron chi connectivity index (χ1n) is 7.78. The number of allylic oxidation sites excluding steroid dienone is 5. The van der Waals surface area contributed by atoms with Crippen molar-refractivity contribution in [3.05, 3.63) is 51.8 Å². The van der Waals surface area contributed by atoms with Crippen molar-refractivity contribution in [2.45, 2.75) is 19.3 Å². The Bertz CT molecular complexity index is 777. The van der Waals surface area contributed by atoms with Gasteiger partial charge in [0, 0.05) is 11.1 Å². The summed E-state index contributed by atoms with van der Waals surface area (Å²) in [6.07, 6.45) is 6.99. The van der Waals surface area contributed by atoms with Crippen LogP contribution in [0.15, 0.2) is 41.3 Å². The standard InChI is InChI=1S/C19H18ClFO3/c1-23-15-9-8-12(17(20)19(15)24-2)10-13-7-6-11-4-3-5-14(21)16(11)18(13)22/h3,5,8-11H,4,6-7H2,1-2H3. The number of ether oxygens (including phenoxy) is 2. The van der Waals surface area contributed by atoms with E-state index in [1.165, 1.54) is 20.3 Å². The number of fused-ring (bicyclic) bond motifs is 1. The number of halogens is 2. The molecular weight excluding hydrogens is 331 g/mol. The van der Waals surface area contributed by atoms with Gasteiger partial charge < -0.3 is 9.47 Å². The van der Waals surface area contributed by atoms with E-state index in [-0.39, 0.29) is 11.7 Å². The largest absolute Gasteiger partial charge is 0.493 e. The lowest BCUT2D eigenvalue weighted by atomic mass is 9.76. The van der Waals surface area contributed by atoms with E-state index in [0.29, 0.717) is 39.7 Å². The molecule has 1 unspecified atom stereocenters. The van der Waals surface area contributed by atoms with Crippen molar-refractivity contribution in [2.75, 3.05) is 14.2 Å². The van der Waals surface area contributed by atoms with Gasteiger partial charge in [0.05, 0.1) is 19.2 Å². The number of carbonyl (C=O) groups is 1. The number of carbonyl (C=O) groups excluding carboxylic acids is 1. The molecule has 0 amide bonds. The van der Waals surface area contributed by atoms with Crippen molar-refractivity contribution >= 4 is 23.5 Å². The molecule has 126 valence electrons. The number of hydrogen-bond donors (Lipinski definition) is 0. The summed E-state index contributed by atoms with van der Waals surface area (Å²) in [5, 5.41) is 0.372. The highest BCUT2D eigenvalue weighted by molar-refractivity contribution is 6.34. The van der Waals surface area contributed by atoms with Gasteiger partial charge in [-0.3, -0.25) is 4.79 Å². The predicted octanol–water partition coefficient (Wildman–Crippen LogP) is 4.90. The van der Waals surface area contributed by atoms with Crippen molar-refractivity contribution < 1.29 is 18.7 Å². The molecule has 2 aliphatic carbocycles. The van der Waals surface area contributed by atoms with Gasteiger partial charge in [0.1, 0.15) is 5.83 Å². The molecule has 3 nitrogen and oxygen atoms in total. The Labute approximate surface area is 145 Å². The Hall–Kier alpha value is -2.07. The van der Waals surface area contributed by atoms with Crippen LogP contribution in [0, 0.1) is 5.92 Å². The number of Topliss-reactive ketones (excluding diaryl/α,β-unsaturated/α-hetero) is 1. The third kappa shape index (κ3) is 2.86. The van der Waals surface area contributed by atoms with Crippen LogP contribution in [0.4, 0.5) is 4.39 Å². The second kappa shape index (κ2) is 6.81. The van der Waals surface area contributed by atoms with E-state index in [9.17, 15) is 9.18 Å².